The summed E-state index contributed by atoms with van der Waals surface area (Å²) in [4.78, 5) is 23.4. The minimum atomic E-state index is -0.916. The first-order chi connectivity index (χ1) is 11.5. The number of nitrogens with one attached hydrogen (secondary N) is 2. The Balaban J connectivity index is 1.92. The number of carbonyl (C=O) groups is 2. The molecule has 0 unspecified atom stereocenters. The number of ether oxygens (including phenoxy) is 1. The van der Waals surface area contributed by atoms with Crippen molar-refractivity contribution in [3.63, 3.8) is 0 Å². The van der Waals surface area contributed by atoms with E-state index in [9.17, 15) is 9.59 Å². The lowest BCUT2D eigenvalue weighted by Crippen LogP contribution is -2.32. The molecule has 2 amide bonds. The van der Waals surface area contributed by atoms with Gasteiger partial charge in [0.05, 0.1) is 23.4 Å². The van der Waals surface area contributed by atoms with Crippen LogP contribution < -0.4 is 15.5 Å². The summed E-state index contributed by atoms with van der Waals surface area (Å²) in [7, 11) is 1.53. The predicted octanol–water partition coefficient (Wildman–Crippen LogP) is 3.09. The van der Waals surface area contributed by atoms with Crippen LogP contribution in [-0.4, -0.2) is 25.1 Å². The molecule has 24 heavy (non-hydrogen) atoms. The lowest BCUT2D eigenvalue weighted by Gasteiger charge is -2.05. The molecule has 0 aromatic heterocycles. The van der Waals surface area contributed by atoms with Gasteiger partial charge < -0.3 is 10.1 Å². The highest BCUT2D eigenvalue weighted by Gasteiger charge is 2.13. The van der Waals surface area contributed by atoms with Crippen molar-refractivity contribution in [2.75, 3.05) is 12.4 Å². The predicted molar refractivity (Wildman–Crippen MR) is 93.8 cm³/mol. The van der Waals surface area contributed by atoms with Crippen molar-refractivity contribution in [2.24, 2.45) is 5.10 Å². The first kappa shape index (κ1) is 17.8. The van der Waals surface area contributed by atoms with Crippen molar-refractivity contribution in [2.45, 2.75) is 0 Å². The summed E-state index contributed by atoms with van der Waals surface area (Å²) in [5.41, 5.74) is 3.08. The van der Waals surface area contributed by atoms with E-state index in [1.807, 2.05) is 0 Å². The number of anilines is 1. The molecule has 0 radical (unpaired) electrons. The minimum absolute atomic E-state index is 0.305. The van der Waals surface area contributed by atoms with Crippen LogP contribution in [0, 0.1) is 0 Å². The maximum absolute atomic E-state index is 11.8. The third-order valence-corrected chi connectivity index (χ3v) is 3.74. The highest BCUT2D eigenvalue weighted by atomic mass is 35.5. The zero-order chi connectivity index (χ0) is 17.5. The molecule has 124 valence electrons. The molecule has 0 saturated carbocycles. The van der Waals surface area contributed by atoms with E-state index in [4.69, 9.17) is 27.9 Å². The van der Waals surface area contributed by atoms with Crippen molar-refractivity contribution in [3.05, 3.63) is 58.1 Å². The van der Waals surface area contributed by atoms with Crippen LogP contribution in [0.3, 0.4) is 0 Å². The molecule has 0 aliphatic carbocycles. The van der Waals surface area contributed by atoms with Crippen LogP contribution in [0.5, 0.6) is 5.75 Å². The Hall–Kier alpha value is -2.57. The lowest BCUT2D eigenvalue weighted by molar-refractivity contribution is -0.136. The van der Waals surface area contributed by atoms with E-state index in [2.05, 4.69) is 15.8 Å². The normalized spacial score (nSPS) is 10.5. The molecule has 2 aromatic rings. The number of carbonyl (C=O) groups excluding carboxylic acids is 2. The van der Waals surface area contributed by atoms with Crippen molar-refractivity contribution >= 4 is 46.9 Å². The second-order valence-electron chi connectivity index (χ2n) is 4.52. The fourth-order valence-corrected chi connectivity index (χ4v) is 2.05. The Morgan fingerprint density at radius 3 is 2.46 bits per heavy atom. The van der Waals surface area contributed by atoms with Crippen LogP contribution in [0.15, 0.2) is 47.6 Å². The SMILES string of the molecule is COc1ccc(NC(=O)C(=O)N/N=C/c2cccc(Cl)c2Cl)cc1. The van der Waals surface area contributed by atoms with Gasteiger partial charge in [-0.05, 0) is 30.3 Å². The van der Waals surface area contributed by atoms with Gasteiger partial charge in [-0.25, -0.2) is 5.43 Å². The van der Waals surface area contributed by atoms with Crippen molar-refractivity contribution < 1.29 is 14.3 Å². The maximum atomic E-state index is 11.8. The number of halogens is 2. The highest BCUT2D eigenvalue weighted by Crippen LogP contribution is 2.24. The molecule has 0 aliphatic heterocycles. The Morgan fingerprint density at radius 1 is 1.08 bits per heavy atom. The van der Waals surface area contributed by atoms with Gasteiger partial charge in [0.15, 0.2) is 0 Å². The van der Waals surface area contributed by atoms with Gasteiger partial charge in [-0.15, -0.1) is 0 Å². The van der Waals surface area contributed by atoms with Gasteiger partial charge in [-0.3, -0.25) is 9.59 Å². The zero-order valence-corrected chi connectivity index (χ0v) is 14.1. The highest BCUT2D eigenvalue weighted by molar-refractivity contribution is 6.43. The molecule has 0 fully saturated rings. The van der Waals surface area contributed by atoms with Gasteiger partial charge in [0, 0.05) is 11.3 Å². The summed E-state index contributed by atoms with van der Waals surface area (Å²) in [6.07, 6.45) is 1.30. The van der Waals surface area contributed by atoms with E-state index in [1.165, 1.54) is 13.3 Å². The van der Waals surface area contributed by atoms with E-state index in [-0.39, 0.29) is 0 Å². The fraction of sp³-hybridized carbons (Fsp3) is 0.0625. The molecule has 2 aromatic carbocycles. The third-order valence-electron chi connectivity index (χ3n) is 2.91. The number of benzene rings is 2. The molecule has 0 atom stereocenters. The second-order valence-corrected chi connectivity index (χ2v) is 5.31. The Labute approximate surface area is 148 Å². The van der Waals surface area contributed by atoms with Crippen LogP contribution in [0.1, 0.15) is 5.56 Å². The number of methoxy groups -OCH3 is 1. The number of nitrogens with zero attached hydrogens (tertiary/aromatic N) is 1. The largest absolute Gasteiger partial charge is 0.497 e. The summed E-state index contributed by atoms with van der Waals surface area (Å²) in [6, 6.07) is 11.5. The topological polar surface area (TPSA) is 79.8 Å². The minimum Gasteiger partial charge on any atom is -0.497 e. The summed E-state index contributed by atoms with van der Waals surface area (Å²) in [5.74, 6) is -1.13. The molecular weight excluding hydrogens is 353 g/mol. The molecule has 6 nitrogen and oxygen atoms in total. The molecule has 8 heteroatoms. The summed E-state index contributed by atoms with van der Waals surface area (Å²) >= 11 is 11.8. The summed E-state index contributed by atoms with van der Waals surface area (Å²) in [6.45, 7) is 0. The number of hydrazone groups is 1. The number of hydrogen-bond acceptors (Lipinski definition) is 4. The van der Waals surface area contributed by atoms with Gasteiger partial charge in [-0.1, -0.05) is 35.3 Å². The molecule has 0 heterocycles. The van der Waals surface area contributed by atoms with E-state index >= 15 is 0 Å². The van der Waals surface area contributed by atoms with Crippen molar-refractivity contribution in [1.82, 2.24) is 5.43 Å². The van der Waals surface area contributed by atoms with Gasteiger partial charge in [0.1, 0.15) is 5.75 Å². The summed E-state index contributed by atoms with van der Waals surface area (Å²) in [5, 5.41) is 6.79. The molecule has 2 N–H and O–H groups in total. The fourth-order valence-electron chi connectivity index (χ4n) is 1.69. The Bertz CT molecular complexity index is 777. The smallest absolute Gasteiger partial charge is 0.329 e. The van der Waals surface area contributed by atoms with Crippen LogP contribution in [0.2, 0.25) is 10.0 Å². The zero-order valence-electron chi connectivity index (χ0n) is 12.5. The average molecular weight is 366 g/mol. The Kier molecular flexibility index (Phi) is 6.17. The van der Waals surface area contributed by atoms with Crippen LogP contribution in [0.25, 0.3) is 0 Å². The average Bonchev–Trinajstić information content (AvgIpc) is 2.59. The first-order valence-corrected chi connectivity index (χ1v) is 7.49. The van der Waals surface area contributed by atoms with Gasteiger partial charge in [0.25, 0.3) is 0 Å². The van der Waals surface area contributed by atoms with Crippen molar-refractivity contribution in [1.29, 1.82) is 0 Å². The van der Waals surface area contributed by atoms with Crippen LogP contribution in [-0.2, 0) is 9.59 Å². The number of rotatable bonds is 4. The summed E-state index contributed by atoms with van der Waals surface area (Å²) < 4.78 is 5.00. The lowest BCUT2D eigenvalue weighted by atomic mass is 10.2. The van der Waals surface area contributed by atoms with Crippen molar-refractivity contribution in [3.8, 4) is 5.75 Å². The van der Waals surface area contributed by atoms with Crippen LogP contribution in [0.4, 0.5) is 5.69 Å². The van der Waals surface area contributed by atoms with E-state index in [1.54, 1.807) is 42.5 Å². The quantitative estimate of drug-likeness (QED) is 0.496. The van der Waals surface area contributed by atoms with E-state index in [0.29, 0.717) is 27.0 Å². The van der Waals surface area contributed by atoms with Gasteiger partial charge in [-0.2, -0.15) is 5.10 Å². The molecule has 0 aliphatic rings. The van der Waals surface area contributed by atoms with Gasteiger partial charge in [0.2, 0.25) is 0 Å². The van der Waals surface area contributed by atoms with E-state index < -0.39 is 11.8 Å². The first-order valence-electron chi connectivity index (χ1n) is 6.73. The number of hydrogen-bond donors (Lipinski definition) is 2. The molecule has 0 spiro atoms. The third kappa shape index (κ3) is 4.71. The molecule has 0 bridgehead atoms. The molecular formula is C16H13Cl2N3O3. The molecule has 2 rings (SSSR count). The second kappa shape index (κ2) is 8.33. The molecule has 0 saturated heterocycles. The maximum Gasteiger partial charge on any atom is 0.329 e. The van der Waals surface area contributed by atoms with E-state index in [0.717, 1.165) is 0 Å². The van der Waals surface area contributed by atoms with Gasteiger partial charge >= 0.3 is 11.8 Å². The Morgan fingerprint density at radius 2 is 1.79 bits per heavy atom. The van der Waals surface area contributed by atoms with Crippen LogP contribution >= 0.6 is 23.2 Å². The number of amides is 2. The monoisotopic (exact) mass is 365 g/mol. The standard InChI is InChI=1S/C16H13Cl2N3O3/c1-24-12-7-5-11(6-8-12)20-15(22)16(23)21-19-9-10-3-2-4-13(17)14(10)18/h2-9H,1H3,(H,20,22)(H,21,23)/b19-9+.